The highest BCUT2D eigenvalue weighted by Crippen LogP contribution is 2.35. The Morgan fingerprint density at radius 3 is 3.03 bits per heavy atom. The van der Waals surface area contributed by atoms with Crippen molar-refractivity contribution >= 4 is 56.2 Å². The van der Waals surface area contributed by atoms with Crippen LogP contribution in [0.15, 0.2) is 34.8 Å². The van der Waals surface area contributed by atoms with Crippen LogP contribution in [0.5, 0.6) is 5.75 Å². The van der Waals surface area contributed by atoms with Crippen LogP contribution in [0.25, 0.3) is 11.2 Å². The third-order valence-electron chi connectivity index (χ3n) is 4.96. The molecule has 2 N–H and O–H groups in total. The number of anilines is 1. The lowest BCUT2D eigenvalue weighted by Crippen LogP contribution is -2.46. The normalized spacial score (nSPS) is 18.2. The van der Waals surface area contributed by atoms with E-state index in [2.05, 4.69) is 41.1 Å². The fourth-order valence-corrected chi connectivity index (χ4v) is 4.62. The molecule has 0 aliphatic carbocycles. The van der Waals surface area contributed by atoms with Crippen molar-refractivity contribution in [1.29, 1.82) is 0 Å². The number of benzene rings is 1. The van der Waals surface area contributed by atoms with E-state index >= 15 is 0 Å². The van der Waals surface area contributed by atoms with E-state index < -0.39 is 0 Å². The number of aromatic nitrogens is 3. The maximum Gasteiger partial charge on any atom is 0.205 e. The van der Waals surface area contributed by atoms with Crippen molar-refractivity contribution in [2.45, 2.75) is 31.3 Å². The Balaban J connectivity index is 1.48. The Bertz CT molecular complexity index is 998. The van der Waals surface area contributed by atoms with Gasteiger partial charge in [-0.2, -0.15) is 4.98 Å². The van der Waals surface area contributed by atoms with Gasteiger partial charge in [0.05, 0.1) is 16.6 Å². The van der Waals surface area contributed by atoms with Gasteiger partial charge < -0.3 is 14.6 Å². The summed E-state index contributed by atoms with van der Waals surface area (Å²) in [4.78, 5) is 14.4. The van der Waals surface area contributed by atoms with Crippen molar-refractivity contribution in [3.8, 4) is 5.75 Å². The summed E-state index contributed by atoms with van der Waals surface area (Å²) in [6, 6.07) is 9.82. The maximum atomic E-state index is 6.75. The molecule has 4 rings (SSSR count). The molecule has 3 aromatic rings. The number of alkyl halides is 1. The fourth-order valence-electron chi connectivity index (χ4n) is 3.63. The molecule has 0 unspecified atom stereocenters. The fraction of sp³-hybridized carbons (Fsp3) is 0.400. The number of para-hydroxylation sites is 1. The van der Waals surface area contributed by atoms with Gasteiger partial charge in [-0.3, -0.25) is 5.32 Å². The average molecular weight is 499 g/mol. The number of aromatic amines is 1. The van der Waals surface area contributed by atoms with E-state index in [1.807, 2.05) is 31.2 Å². The van der Waals surface area contributed by atoms with Crippen molar-refractivity contribution < 1.29 is 4.74 Å². The summed E-state index contributed by atoms with van der Waals surface area (Å²) in [7, 11) is 0. The van der Waals surface area contributed by atoms with E-state index in [1.54, 1.807) is 6.07 Å². The van der Waals surface area contributed by atoms with Crippen LogP contribution in [0.4, 0.5) is 5.95 Å². The van der Waals surface area contributed by atoms with E-state index in [-0.39, 0.29) is 11.5 Å². The minimum absolute atomic E-state index is 0.226. The monoisotopic (exact) mass is 497 g/mol. The Labute approximate surface area is 188 Å². The highest BCUT2D eigenvalue weighted by molar-refractivity contribution is 9.10. The molecule has 0 radical (unpaired) electrons. The smallest absolute Gasteiger partial charge is 0.205 e. The molecule has 1 aliphatic rings. The number of fused-ring (bicyclic) bond motifs is 1. The summed E-state index contributed by atoms with van der Waals surface area (Å²) in [5.41, 5.74) is 2.09. The summed E-state index contributed by atoms with van der Waals surface area (Å²) in [5, 5.41) is 3.99. The molecule has 29 heavy (non-hydrogen) atoms. The van der Waals surface area contributed by atoms with Gasteiger partial charge in [-0.1, -0.05) is 23.7 Å². The lowest BCUT2D eigenvalue weighted by atomic mass is 10.1. The first-order chi connectivity index (χ1) is 14.0. The molecule has 154 valence electrons. The van der Waals surface area contributed by atoms with Crippen LogP contribution in [0.3, 0.4) is 0 Å². The number of pyridine rings is 1. The van der Waals surface area contributed by atoms with E-state index in [0.717, 1.165) is 53.2 Å². The Morgan fingerprint density at radius 1 is 1.34 bits per heavy atom. The van der Waals surface area contributed by atoms with Gasteiger partial charge in [0.2, 0.25) is 5.95 Å². The molecule has 1 aliphatic heterocycles. The number of ether oxygens (including phenoxy) is 1. The van der Waals surface area contributed by atoms with E-state index in [9.17, 15) is 0 Å². The first-order valence-electron chi connectivity index (χ1n) is 9.63. The van der Waals surface area contributed by atoms with E-state index in [4.69, 9.17) is 27.9 Å². The van der Waals surface area contributed by atoms with Gasteiger partial charge in [0.25, 0.3) is 0 Å². The van der Waals surface area contributed by atoms with Gasteiger partial charge in [0.15, 0.2) is 5.65 Å². The molecular weight excluding hydrogens is 477 g/mol. The predicted molar refractivity (Wildman–Crippen MR) is 121 cm³/mol. The van der Waals surface area contributed by atoms with Crippen LogP contribution in [-0.4, -0.2) is 40.7 Å². The van der Waals surface area contributed by atoms with Gasteiger partial charge in [0, 0.05) is 24.7 Å². The molecule has 0 amide bonds. The molecule has 3 heterocycles. The number of H-pyrrole nitrogens is 1. The largest absolute Gasteiger partial charge is 0.492 e. The Hall–Kier alpha value is -1.54. The number of hydrogen-bond acceptors (Lipinski definition) is 5. The molecule has 2 aromatic heterocycles. The van der Waals surface area contributed by atoms with Crippen molar-refractivity contribution in [3.63, 3.8) is 0 Å². The lowest BCUT2D eigenvalue weighted by Gasteiger charge is -2.34. The second-order valence-electron chi connectivity index (χ2n) is 6.97. The van der Waals surface area contributed by atoms with Crippen LogP contribution in [0.2, 0.25) is 5.15 Å². The molecule has 1 saturated heterocycles. The van der Waals surface area contributed by atoms with Gasteiger partial charge in [-0.15, -0.1) is 11.6 Å². The molecule has 1 aromatic carbocycles. The number of nitrogens with zero attached hydrogens (tertiary/aromatic N) is 3. The summed E-state index contributed by atoms with van der Waals surface area (Å²) in [6.07, 6.45) is 2.09. The summed E-state index contributed by atoms with van der Waals surface area (Å²) in [5.74, 6) is 1.60. The van der Waals surface area contributed by atoms with Gasteiger partial charge >= 0.3 is 0 Å². The Kier molecular flexibility index (Phi) is 6.49. The number of nitrogens with one attached hydrogen (secondary N) is 2. The van der Waals surface area contributed by atoms with Crippen LogP contribution >= 0.6 is 39.1 Å². The van der Waals surface area contributed by atoms with Crippen molar-refractivity contribution in [1.82, 2.24) is 20.3 Å². The summed E-state index contributed by atoms with van der Waals surface area (Å²) < 4.78 is 6.70. The zero-order valence-electron chi connectivity index (χ0n) is 16.0. The maximum absolute atomic E-state index is 6.75. The number of halogens is 3. The predicted octanol–water partition coefficient (Wildman–Crippen LogP) is 5.27. The topological polar surface area (TPSA) is 66.1 Å². The quantitative estimate of drug-likeness (QED) is 0.275. The minimum Gasteiger partial charge on any atom is -0.492 e. The van der Waals surface area contributed by atoms with E-state index in [1.165, 1.54) is 0 Å². The number of hydrogen-bond donors (Lipinski definition) is 2. The lowest BCUT2D eigenvalue weighted by molar-refractivity contribution is 0.330. The number of piperidine rings is 1. The zero-order chi connectivity index (χ0) is 20.4. The van der Waals surface area contributed by atoms with Crippen LogP contribution in [0, 0.1) is 0 Å². The van der Waals surface area contributed by atoms with Crippen LogP contribution in [0.1, 0.15) is 30.8 Å². The van der Waals surface area contributed by atoms with Gasteiger partial charge in [0.1, 0.15) is 16.4 Å². The third-order valence-corrected chi connectivity index (χ3v) is 6.16. The highest BCUT2D eigenvalue weighted by Gasteiger charge is 2.26. The van der Waals surface area contributed by atoms with Crippen molar-refractivity contribution in [2.24, 2.45) is 0 Å². The summed E-state index contributed by atoms with van der Waals surface area (Å²) in [6.45, 7) is 4.28. The molecule has 1 fully saturated rings. The SMILES string of the molecule is CCOc1c(Br)cccc1[C@H](Cl)N[C@H]1CCCN(c2nc3nc(Cl)ccc3[nH]2)C1. The highest BCUT2D eigenvalue weighted by atomic mass is 79.9. The second-order valence-corrected chi connectivity index (χ2v) is 8.65. The third kappa shape index (κ3) is 4.63. The minimum atomic E-state index is -0.352. The standard InChI is InChI=1S/C20H22BrCl2N5O/c1-2-29-17-13(6-3-7-14(17)21)18(23)24-12-5-4-10-28(11-12)20-25-15-8-9-16(22)26-19(15)27-20/h3,6-9,12,18,24H,2,4-5,10-11H2,1H3,(H,25,26,27)/t12-,18+/m0/s1. The van der Waals surface area contributed by atoms with Crippen molar-refractivity contribution in [2.75, 3.05) is 24.6 Å². The van der Waals surface area contributed by atoms with Crippen LogP contribution in [-0.2, 0) is 0 Å². The molecule has 0 saturated carbocycles. The number of rotatable bonds is 6. The Morgan fingerprint density at radius 2 is 2.21 bits per heavy atom. The van der Waals surface area contributed by atoms with Gasteiger partial charge in [-0.05, 0) is 53.9 Å². The first-order valence-corrected chi connectivity index (χ1v) is 11.2. The molecule has 6 nitrogen and oxygen atoms in total. The summed E-state index contributed by atoms with van der Waals surface area (Å²) >= 11 is 16.3. The van der Waals surface area contributed by atoms with Gasteiger partial charge in [-0.25, -0.2) is 4.98 Å². The number of imidazole rings is 1. The second kappa shape index (κ2) is 9.08. The molecule has 9 heteroatoms. The molecule has 0 spiro atoms. The van der Waals surface area contributed by atoms with Crippen LogP contribution < -0.4 is 15.0 Å². The zero-order valence-corrected chi connectivity index (χ0v) is 19.1. The average Bonchev–Trinajstić information content (AvgIpc) is 3.13. The van der Waals surface area contributed by atoms with E-state index in [0.29, 0.717) is 17.4 Å². The van der Waals surface area contributed by atoms with Crippen molar-refractivity contribution in [3.05, 3.63) is 45.5 Å². The molecule has 0 bridgehead atoms. The molecule has 2 atom stereocenters. The first kappa shape index (κ1) is 20.7. The molecular formula is C20H22BrCl2N5O.